The fourth-order valence-corrected chi connectivity index (χ4v) is 2.73. The van der Waals surface area contributed by atoms with Crippen LogP contribution in [0.5, 0.6) is 0 Å². The number of furan rings is 1. The Morgan fingerprint density at radius 1 is 1.13 bits per heavy atom. The van der Waals surface area contributed by atoms with Crippen molar-refractivity contribution in [3.05, 3.63) is 81.1 Å². The van der Waals surface area contributed by atoms with Crippen molar-refractivity contribution < 1.29 is 18.9 Å². The Labute approximate surface area is 175 Å². The van der Waals surface area contributed by atoms with Gasteiger partial charge < -0.3 is 9.73 Å². The fraction of sp³-hybridized carbons (Fsp3) is 0.0500. The molecule has 2 aromatic carbocycles. The molecule has 0 unspecified atom stereocenters. The molecule has 0 fully saturated rings. The second-order valence-electron chi connectivity index (χ2n) is 6.09. The molecule has 0 aliphatic rings. The lowest BCUT2D eigenvalue weighted by Gasteiger charge is -2.05. The zero-order valence-corrected chi connectivity index (χ0v) is 16.3. The lowest BCUT2D eigenvalue weighted by molar-refractivity contribution is -0.384. The van der Waals surface area contributed by atoms with Gasteiger partial charge in [-0.1, -0.05) is 23.7 Å². The average Bonchev–Trinajstić information content (AvgIpc) is 3.18. The summed E-state index contributed by atoms with van der Waals surface area (Å²) in [4.78, 5) is 34.1. The third-order valence-electron chi connectivity index (χ3n) is 4.00. The molecule has 1 aromatic heterocycles. The molecule has 10 heteroatoms. The first-order valence-electron chi connectivity index (χ1n) is 8.59. The van der Waals surface area contributed by atoms with Gasteiger partial charge in [0.1, 0.15) is 11.5 Å². The summed E-state index contributed by atoms with van der Waals surface area (Å²) in [5.74, 6) is -1.12. The molecule has 3 aromatic rings. The summed E-state index contributed by atoms with van der Waals surface area (Å²) in [7, 11) is 0. The molecule has 9 nitrogen and oxygen atoms in total. The van der Waals surface area contributed by atoms with E-state index in [-0.39, 0.29) is 5.69 Å². The van der Waals surface area contributed by atoms with Crippen molar-refractivity contribution in [3.63, 3.8) is 0 Å². The smallest absolute Gasteiger partial charge is 0.329 e. The molecule has 0 bridgehead atoms. The molecule has 2 amide bonds. The van der Waals surface area contributed by atoms with Crippen LogP contribution in [-0.2, 0) is 9.59 Å². The number of benzene rings is 2. The van der Waals surface area contributed by atoms with Crippen LogP contribution >= 0.6 is 11.6 Å². The van der Waals surface area contributed by atoms with Gasteiger partial charge in [0.05, 0.1) is 21.8 Å². The number of carbonyl (C=O) groups excluding carboxylic acids is 2. The van der Waals surface area contributed by atoms with Crippen LogP contribution in [0.25, 0.3) is 11.3 Å². The standard InChI is InChI=1S/C20H15ClN4O5/c1-12-10-13(25(28)29)6-8-15(12)18-9-7-14(30-18)11-22-24-20(27)19(26)23-17-5-3-2-4-16(17)21/h2-11H,1H3,(H,23,26)(H,24,27). The van der Waals surface area contributed by atoms with Gasteiger partial charge in [-0.25, -0.2) is 5.43 Å². The molecule has 0 aliphatic carbocycles. The van der Waals surface area contributed by atoms with E-state index < -0.39 is 16.7 Å². The molecule has 2 N–H and O–H groups in total. The van der Waals surface area contributed by atoms with Crippen LogP contribution in [0, 0.1) is 17.0 Å². The highest BCUT2D eigenvalue weighted by atomic mass is 35.5. The third kappa shape index (κ3) is 4.89. The summed E-state index contributed by atoms with van der Waals surface area (Å²) in [5.41, 5.74) is 3.74. The third-order valence-corrected chi connectivity index (χ3v) is 4.33. The SMILES string of the molecule is Cc1cc([N+](=O)[O-])ccc1-c1ccc(C=NNC(=O)C(=O)Nc2ccccc2Cl)o1. The Bertz CT molecular complexity index is 1160. The molecular formula is C20H15ClN4O5. The highest BCUT2D eigenvalue weighted by Crippen LogP contribution is 2.28. The molecule has 3 rings (SSSR count). The number of non-ortho nitro benzene ring substituents is 1. The Morgan fingerprint density at radius 3 is 2.60 bits per heavy atom. The van der Waals surface area contributed by atoms with Gasteiger partial charge in [-0.3, -0.25) is 19.7 Å². The van der Waals surface area contributed by atoms with Crippen LogP contribution in [0.15, 0.2) is 64.1 Å². The van der Waals surface area contributed by atoms with Crippen molar-refractivity contribution in [1.29, 1.82) is 0 Å². The van der Waals surface area contributed by atoms with Gasteiger partial charge in [0.25, 0.3) is 5.69 Å². The van der Waals surface area contributed by atoms with Crippen molar-refractivity contribution >= 4 is 41.0 Å². The van der Waals surface area contributed by atoms with Crippen molar-refractivity contribution in [2.75, 3.05) is 5.32 Å². The van der Waals surface area contributed by atoms with Crippen LogP contribution in [0.1, 0.15) is 11.3 Å². The van der Waals surface area contributed by atoms with Crippen LogP contribution in [0.2, 0.25) is 5.02 Å². The van der Waals surface area contributed by atoms with Gasteiger partial charge in [-0.2, -0.15) is 5.10 Å². The van der Waals surface area contributed by atoms with Gasteiger partial charge in [0.2, 0.25) is 0 Å². The number of nitrogens with one attached hydrogen (secondary N) is 2. The average molecular weight is 427 g/mol. The zero-order chi connectivity index (χ0) is 21.7. The van der Waals surface area contributed by atoms with Gasteiger partial charge in [0.15, 0.2) is 0 Å². The second kappa shape index (κ2) is 9.01. The Hall–Kier alpha value is -3.98. The molecule has 152 valence electrons. The number of amides is 2. The topological polar surface area (TPSA) is 127 Å². The monoisotopic (exact) mass is 426 g/mol. The van der Waals surface area contributed by atoms with Crippen molar-refractivity contribution in [2.45, 2.75) is 6.92 Å². The number of nitro groups is 1. The van der Waals surface area contributed by atoms with Crippen LogP contribution in [0.4, 0.5) is 11.4 Å². The van der Waals surface area contributed by atoms with E-state index in [2.05, 4.69) is 15.8 Å². The summed E-state index contributed by atoms with van der Waals surface area (Å²) in [6.07, 6.45) is 1.23. The number of halogens is 1. The number of nitro benzene ring substituents is 1. The van der Waals surface area contributed by atoms with Crippen LogP contribution < -0.4 is 10.7 Å². The molecular weight excluding hydrogens is 412 g/mol. The minimum atomic E-state index is -0.982. The van der Waals surface area contributed by atoms with E-state index >= 15 is 0 Å². The van der Waals surface area contributed by atoms with Crippen molar-refractivity contribution in [2.24, 2.45) is 5.10 Å². The Morgan fingerprint density at radius 2 is 1.90 bits per heavy atom. The maximum atomic E-state index is 11.9. The Kier molecular flexibility index (Phi) is 6.23. The van der Waals surface area contributed by atoms with Gasteiger partial charge in [0, 0.05) is 17.7 Å². The summed E-state index contributed by atoms with van der Waals surface area (Å²) in [6.45, 7) is 1.73. The lowest BCUT2D eigenvalue weighted by Crippen LogP contribution is -2.32. The zero-order valence-electron chi connectivity index (χ0n) is 15.6. The van der Waals surface area contributed by atoms with Crippen LogP contribution in [0.3, 0.4) is 0 Å². The molecule has 0 atom stereocenters. The van der Waals surface area contributed by atoms with Crippen molar-refractivity contribution in [1.82, 2.24) is 5.43 Å². The first kappa shape index (κ1) is 20.7. The fourth-order valence-electron chi connectivity index (χ4n) is 2.55. The van der Waals surface area contributed by atoms with E-state index in [0.29, 0.717) is 33.4 Å². The number of para-hydroxylation sites is 1. The van der Waals surface area contributed by atoms with Gasteiger partial charge in [-0.15, -0.1) is 0 Å². The number of nitrogens with zero attached hydrogens (tertiary/aromatic N) is 2. The molecule has 0 saturated heterocycles. The number of rotatable bonds is 5. The minimum Gasteiger partial charge on any atom is -0.455 e. The van der Waals surface area contributed by atoms with E-state index in [1.54, 1.807) is 49.4 Å². The molecule has 0 aliphatic heterocycles. The summed E-state index contributed by atoms with van der Waals surface area (Å²) >= 11 is 5.92. The predicted octanol–water partition coefficient (Wildman–Crippen LogP) is 3.91. The summed E-state index contributed by atoms with van der Waals surface area (Å²) in [5, 5.41) is 17.2. The Balaban J connectivity index is 1.62. The highest BCUT2D eigenvalue weighted by molar-refractivity contribution is 6.41. The molecule has 30 heavy (non-hydrogen) atoms. The first-order chi connectivity index (χ1) is 14.3. The molecule has 0 spiro atoms. The predicted molar refractivity (Wildman–Crippen MR) is 111 cm³/mol. The first-order valence-corrected chi connectivity index (χ1v) is 8.97. The van der Waals surface area contributed by atoms with Gasteiger partial charge >= 0.3 is 11.8 Å². The number of hydrogen-bond donors (Lipinski definition) is 2. The quantitative estimate of drug-likeness (QED) is 0.277. The second-order valence-corrected chi connectivity index (χ2v) is 6.50. The number of anilines is 1. The summed E-state index contributed by atoms with van der Waals surface area (Å²) < 4.78 is 5.62. The lowest BCUT2D eigenvalue weighted by atomic mass is 10.1. The van der Waals surface area contributed by atoms with Gasteiger partial charge in [-0.05, 0) is 42.8 Å². The summed E-state index contributed by atoms with van der Waals surface area (Å²) in [6, 6.07) is 14.2. The molecule has 1 heterocycles. The number of hydrazone groups is 1. The normalized spacial score (nSPS) is 10.7. The van der Waals surface area contributed by atoms with E-state index in [1.807, 2.05) is 0 Å². The number of aryl methyl sites for hydroxylation is 1. The molecule has 0 radical (unpaired) electrons. The highest BCUT2D eigenvalue weighted by Gasteiger charge is 2.15. The largest absolute Gasteiger partial charge is 0.455 e. The van der Waals surface area contributed by atoms with E-state index in [4.69, 9.17) is 16.0 Å². The van der Waals surface area contributed by atoms with E-state index in [0.717, 1.165) is 0 Å². The van der Waals surface area contributed by atoms with Crippen LogP contribution in [-0.4, -0.2) is 23.0 Å². The maximum Gasteiger partial charge on any atom is 0.329 e. The van der Waals surface area contributed by atoms with E-state index in [1.165, 1.54) is 18.3 Å². The minimum absolute atomic E-state index is 0.0117. The van der Waals surface area contributed by atoms with Crippen molar-refractivity contribution in [3.8, 4) is 11.3 Å². The maximum absolute atomic E-state index is 11.9. The molecule has 0 saturated carbocycles. The van der Waals surface area contributed by atoms with E-state index in [9.17, 15) is 19.7 Å². The number of hydrogen-bond acceptors (Lipinski definition) is 6. The number of carbonyl (C=O) groups is 2.